The van der Waals surface area contributed by atoms with Gasteiger partial charge in [-0.25, -0.2) is 0 Å². The van der Waals surface area contributed by atoms with Crippen LogP contribution in [0.2, 0.25) is 5.02 Å². The zero-order valence-electron chi connectivity index (χ0n) is 11.8. The quantitative estimate of drug-likeness (QED) is 0.580. The maximum absolute atomic E-state index is 13.3. The Labute approximate surface area is 135 Å². The number of nitrogens with zero attached hydrogens (tertiary/aromatic N) is 2. The van der Waals surface area contributed by atoms with Crippen molar-refractivity contribution in [2.75, 3.05) is 11.4 Å². The highest BCUT2D eigenvalue weighted by molar-refractivity contribution is 6.30. The lowest BCUT2D eigenvalue weighted by Gasteiger charge is -2.33. The summed E-state index contributed by atoms with van der Waals surface area (Å²) in [6.07, 6.45) is -4.32. The number of oxime groups is 1. The van der Waals surface area contributed by atoms with Crippen molar-refractivity contribution in [2.45, 2.75) is 12.6 Å². The molecule has 1 heterocycles. The summed E-state index contributed by atoms with van der Waals surface area (Å²) in [5.41, 5.74) is 0.247. The van der Waals surface area contributed by atoms with Crippen LogP contribution in [0.3, 0.4) is 0 Å². The van der Waals surface area contributed by atoms with Gasteiger partial charge < -0.3 is 10.1 Å². The summed E-state index contributed by atoms with van der Waals surface area (Å²) in [7, 11) is 0. The van der Waals surface area contributed by atoms with Crippen molar-refractivity contribution in [3.8, 4) is 0 Å². The number of alkyl halides is 3. The van der Waals surface area contributed by atoms with Gasteiger partial charge in [0.05, 0.1) is 17.0 Å². The van der Waals surface area contributed by atoms with Gasteiger partial charge in [0.1, 0.15) is 0 Å². The van der Waals surface area contributed by atoms with Crippen LogP contribution >= 0.6 is 11.6 Å². The molecular weight excluding hydrogens is 329 g/mol. The summed E-state index contributed by atoms with van der Waals surface area (Å²) in [6.45, 7) is 0.412. The summed E-state index contributed by atoms with van der Waals surface area (Å²) >= 11 is 5.86. The van der Waals surface area contributed by atoms with Gasteiger partial charge in [0.25, 0.3) is 0 Å². The third-order valence-electron chi connectivity index (χ3n) is 3.76. The van der Waals surface area contributed by atoms with Crippen LogP contribution in [0.5, 0.6) is 0 Å². The predicted octanol–water partition coefficient (Wildman–Crippen LogP) is 5.08. The minimum atomic E-state index is -4.52. The Kier molecular flexibility index (Phi) is 3.93. The van der Waals surface area contributed by atoms with Gasteiger partial charge in [-0.3, -0.25) is 0 Å². The van der Waals surface area contributed by atoms with Gasteiger partial charge in [-0.2, -0.15) is 13.2 Å². The van der Waals surface area contributed by atoms with Gasteiger partial charge >= 0.3 is 6.18 Å². The summed E-state index contributed by atoms with van der Waals surface area (Å²) in [5, 5.41) is 12.7. The topological polar surface area (TPSA) is 35.8 Å². The zero-order valence-corrected chi connectivity index (χ0v) is 12.6. The molecule has 1 aliphatic heterocycles. The SMILES string of the molecule is O/N=C1\CCN(c2ccc(Cl)cc2)c2cccc(C(F)(F)F)c21. The maximum atomic E-state index is 13.3. The van der Waals surface area contributed by atoms with E-state index >= 15 is 0 Å². The summed E-state index contributed by atoms with van der Waals surface area (Å²) in [4.78, 5) is 1.76. The van der Waals surface area contributed by atoms with E-state index in [1.807, 2.05) is 0 Å². The Balaban J connectivity index is 2.19. The molecule has 0 atom stereocenters. The van der Waals surface area contributed by atoms with Crippen LogP contribution in [-0.4, -0.2) is 17.5 Å². The van der Waals surface area contributed by atoms with Gasteiger partial charge in [-0.1, -0.05) is 22.8 Å². The number of halogens is 4. The first-order valence-electron chi connectivity index (χ1n) is 6.86. The summed E-state index contributed by atoms with van der Waals surface area (Å²) in [6, 6.07) is 10.8. The monoisotopic (exact) mass is 340 g/mol. The first-order valence-corrected chi connectivity index (χ1v) is 7.24. The molecule has 3 rings (SSSR count). The molecule has 0 fully saturated rings. The molecule has 0 radical (unpaired) electrons. The fourth-order valence-electron chi connectivity index (χ4n) is 2.76. The Bertz CT molecular complexity index is 757. The highest BCUT2D eigenvalue weighted by Gasteiger charge is 2.38. The molecule has 2 aromatic carbocycles. The van der Waals surface area contributed by atoms with E-state index < -0.39 is 11.7 Å². The molecular formula is C16H12ClF3N2O. The first-order chi connectivity index (χ1) is 10.9. The fourth-order valence-corrected chi connectivity index (χ4v) is 2.88. The number of rotatable bonds is 1. The highest BCUT2D eigenvalue weighted by atomic mass is 35.5. The van der Waals surface area contributed by atoms with Crippen LogP contribution < -0.4 is 4.90 Å². The van der Waals surface area contributed by atoms with Gasteiger partial charge in [0.2, 0.25) is 0 Å². The molecule has 120 valence electrons. The van der Waals surface area contributed by atoms with Gasteiger partial charge in [-0.05, 0) is 36.4 Å². The number of anilines is 2. The second kappa shape index (κ2) is 5.77. The second-order valence-electron chi connectivity index (χ2n) is 5.12. The molecule has 7 heteroatoms. The molecule has 0 unspecified atom stereocenters. The smallest absolute Gasteiger partial charge is 0.411 e. The van der Waals surface area contributed by atoms with Crippen molar-refractivity contribution < 1.29 is 18.4 Å². The van der Waals surface area contributed by atoms with E-state index in [2.05, 4.69) is 5.16 Å². The van der Waals surface area contributed by atoms with Crippen molar-refractivity contribution in [1.82, 2.24) is 0 Å². The lowest BCUT2D eigenvalue weighted by Crippen LogP contribution is -2.30. The van der Waals surface area contributed by atoms with Crippen molar-refractivity contribution >= 4 is 28.7 Å². The van der Waals surface area contributed by atoms with Crippen LogP contribution in [-0.2, 0) is 6.18 Å². The average molecular weight is 341 g/mol. The molecule has 1 aliphatic rings. The maximum Gasteiger partial charge on any atom is 0.417 e. The van der Waals surface area contributed by atoms with Crippen molar-refractivity contribution in [3.63, 3.8) is 0 Å². The van der Waals surface area contributed by atoms with E-state index in [0.29, 0.717) is 17.3 Å². The lowest BCUT2D eigenvalue weighted by atomic mass is 9.93. The normalized spacial score (nSPS) is 16.5. The van der Waals surface area contributed by atoms with Crippen LogP contribution in [0.25, 0.3) is 0 Å². The predicted molar refractivity (Wildman–Crippen MR) is 82.8 cm³/mol. The van der Waals surface area contributed by atoms with E-state index in [-0.39, 0.29) is 17.7 Å². The molecule has 0 aromatic heterocycles. The Hall–Kier alpha value is -2.21. The van der Waals surface area contributed by atoms with Crippen LogP contribution in [0.1, 0.15) is 17.5 Å². The largest absolute Gasteiger partial charge is 0.417 e. The minimum absolute atomic E-state index is 0.0399. The fraction of sp³-hybridized carbons (Fsp3) is 0.188. The molecule has 0 saturated heterocycles. The molecule has 3 nitrogen and oxygen atoms in total. The molecule has 23 heavy (non-hydrogen) atoms. The highest BCUT2D eigenvalue weighted by Crippen LogP contribution is 2.41. The Morgan fingerprint density at radius 1 is 1.09 bits per heavy atom. The molecule has 0 aliphatic carbocycles. The Morgan fingerprint density at radius 3 is 2.39 bits per heavy atom. The van der Waals surface area contributed by atoms with E-state index in [4.69, 9.17) is 16.8 Å². The summed E-state index contributed by atoms with van der Waals surface area (Å²) in [5.74, 6) is 0. The van der Waals surface area contributed by atoms with Crippen molar-refractivity contribution in [2.24, 2.45) is 5.16 Å². The number of fused-ring (bicyclic) bond motifs is 1. The van der Waals surface area contributed by atoms with Gasteiger partial charge in [0, 0.05) is 29.2 Å². The summed E-state index contributed by atoms with van der Waals surface area (Å²) < 4.78 is 39.9. The zero-order chi connectivity index (χ0) is 16.6. The number of hydrogen-bond acceptors (Lipinski definition) is 3. The first kappa shape index (κ1) is 15.7. The molecule has 0 amide bonds. The third-order valence-corrected chi connectivity index (χ3v) is 4.01. The van der Waals surface area contributed by atoms with E-state index in [9.17, 15) is 13.2 Å². The van der Waals surface area contributed by atoms with Crippen LogP contribution in [0, 0.1) is 0 Å². The van der Waals surface area contributed by atoms with E-state index in [1.54, 1.807) is 35.2 Å². The minimum Gasteiger partial charge on any atom is -0.411 e. The third kappa shape index (κ3) is 2.86. The van der Waals surface area contributed by atoms with Gasteiger partial charge in [-0.15, -0.1) is 0 Å². The molecule has 0 saturated carbocycles. The van der Waals surface area contributed by atoms with Crippen LogP contribution in [0.15, 0.2) is 47.6 Å². The van der Waals surface area contributed by atoms with E-state index in [1.165, 1.54) is 6.07 Å². The number of benzene rings is 2. The van der Waals surface area contributed by atoms with Crippen LogP contribution in [0.4, 0.5) is 24.5 Å². The van der Waals surface area contributed by atoms with Gasteiger partial charge in [0.15, 0.2) is 0 Å². The molecule has 0 spiro atoms. The second-order valence-corrected chi connectivity index (χ2v) is 5.56. The average Bonchev–Trinajstić information content (AvgIpc) is 2.53. The Morgan fingerprint density at radius 2 is 1.78 bits per heavy atom. The van der Waals surface area contributed by atoms with E-state index in [0.717, 1.165) is 11.8 Å². The molecule has 2 aromatic rings. The molecule has 1 N–H and O–H groups in total. The lowest BCUT2D eigenvalue weighted by molar-refractivity contribution is -0.137. The van der Waals surface area contributed by atoms with Crippen molar-refractivity contribution in [1.29, 1.82) is 0 Å². The molecule has 0 bridgehead atoms. The van der Waals surface area contributed by atoms with Crippen molar-refractivity contribution in [3.05, 3.63) is 58.6 Å². The number of hydrogen-bond donors (Lipinski definition) is 1. The standard InChI is InChI=1S/C16H12ClF3N2O/c17-10-4-6-11(7-5-10)22-9-8-13(21-23)15-12(16(18,19)20)2-1-3-14(15)22/h1-7,23H,8-9H2/b21-13+.